The number of benzene rings is 2. The minimum absolute atomic E-state index is 0.0726. The quantitative estimate of drug-likeness (QED) is 0.863. The molecule has 0 fully saturated rings. The summed E-state index contributed by atoms with van der Waals surface area (Å²) in [7, 11) is 0. The van der Waals surface area contributed by atoms with E-state index in [4.69, 9.17) is 16.3 Å². The summed E-state index contributed by atoms with van der Waals surface area (Å²) in [4.78, 5) is 0. The first-order valence-corrected chi connectivity index (χ1v) is 6.94. The molecule has 0 saturated carbocycles. The summed E-state index contributed by atoms with van der Waals surface area (Å²) in [5.74, 6) is -0.340. The largest absolute Gasteiger partial charge is 0.486 e. The van der Waals surface area contributed by atoms with Crippen molar-refractivity contribution in [2.24, 2.45) is 0 Å². The Bertz CT molecular complexity index is 574. The minimum Gasteiger partial charge on any atom is -0.486 e. The highest BCUT2D eigenvalue weighted by Crippen LogP contribution is 2.24. The molecule has 0 amide bonds. The maximum atomic E-state index is 13.7. The van der Waals surface area contributed by atoms with Crippen molar-refractivity contribution in [3.8, 4) is 5.75 Å². The predicted octanol–water partition coefficient (Wildman–Crippen LogP) is 4.17. The lowest BCUT2D eigenvalue weighted by molar-refractivity contribution is 0.290. The standard InChI is InChI=1S/C16H17ClFNO/c1-2-19-10-12-5-3-6-13(9-12)11-20-15-8-4-7-14(17)16(15)18/h3-9,19H,2,10-11H2,1H3. The SMILES string of the molecule is CCNCc1cccc(COc2cccc(Cl)c2F)c1. The Labute approximate surface area is 123 Å². The van der Waals surface area contributed by atoms with Gasteiger partial charge < -0.3 is 10.1 Å². The third-order valence-electron chi connectivity index (χ3n) is 2.88. The van der Waals surface area contributed by atoms with Crippen molar-refractivity contribution in [2.45, 2.75) is 20.1 Å². The fourth-order valence-corrected chi connectivity index (χ4v) is 2.02. The molecule has 0 atom stereocenters. The van der Waals surface area contributed by atoms with E-state index in [1.54, 1.807) is 12.1 Å². The van der Waals surface area contributed by atoms with Gasteiger partial charge in [0.25, 0.3) is 0 Å². The van der Waals surface area contributed by atoms with Crippen LogP contribution in [0.2, 0.25) is 5.02 Å². The first-order chi connectivity index (χ1) is 9.70. The summed E-state index contributed by atoms with van der Waals surface area (Å²) in [5, 5.41) is 3.34. The predicted molar refractivity (Wildman–Crippen MR) is 79.6 cm³/mol. The third kappa shape index (κ3) is 3.95. The van der Waals surface area contributed by atoms with Crippen LogP contribution in [-0.4, -0.2) is 6.54 Å². The van der Waals surface area contributed by atoms with Crippen LogP contribution in [0.25, 0.3) is 0 Å². The van der Waals surface area contributed by atoms with Gasteiger partial charge in [-0.15, -0.1) is 0 Å². The lowest BCUT2D eigenvalue weighted by atomic mass is 10.1. The van der Waals surface area contributed by atoms with Crippen LogP contribution in [0, 0.1) is 5.82 Å². The van der Waals surface area contributed by atoms with Crippen LogP contribution < -0.4 is 10.1 Å². The monoisotopic (exact) mass is 293 g/mol. The first kappa shape index (κ1) is 14.8. The molecule has 1 N–H and O–H groups in total. The van der Waals surface area contributed by atoms with Gasteiger partial charge in [0.2, 0.25) is 0 Å². The number of halogens is 2. The third-order valence-corrected chi connectivity index (χ3v) is 3.17. The minimum atomic E-state index is -0.516. The van der Waals surface area contributed by atoms with Crippen molar-refractivity contribution >= 4 is 11.6 Å². The maximum Gasteiger partial charge on any atom is 0.183 e. The number of ether oxygens (including phenoxy) is 1. The topological polar surface area (TPSA) is 21.3 Å². The van der Waals surface area contributed by atoms with E-state index < -0.39 is 5.82 Å². The summed E-state index contributed by atoms with van der Waals surface area (Å²) in [5.41, 5.74) is 2.18. The lowest BCUT2D eigenvalue weighted by Gasteiger charge is -2.09. The normalized spacial score (nSPS) is 10.6. The Balaban J connectivity index is 2.01. The molecule has 0 radical (unpaired) electrons. The lowest BCUT2D eigenvalue weighted by Crippen LogP contribution is -2.11. The van der Waals surface area contributed by atoms with Crippen LogP contribution in [0.4, 0.5) is 4.39 Å². The fraction of sp³-hybridized carbons (Fsp3) is 0.250. The van der Waals surface area contributed by atoms with Gasteiger partial charge in [0.05, 0.1) is 5.02 Å². The zero-order valence-corrected chi connectivity index (χ0v) is 12.1. The van der Waals surface area contributed by atoms with Crippen molar-refractivity contribution in [1.29, 1.82) is 0 Å². The summed E-state index contributed by atoms with van der Waals surface area (Å²) < 4.78 is 19.2. The van der Waals surface area contributed by atoms with Crippen molar-refractivity contribution in [3.05, 3.63) is 64.4 Å². The summed E-state index contributed by atoms with van der Waals surface area (Å²) >= 11 is 5.71. The van der Waals surface area contributed by atoms with E-state index in [1.165, 1.54) is 11.6 Å². The zero-order chi connectivity index (χ0) is 14.4. The van der Waals surface area contributed by atoms with Gasteiger partial charge in [-0.1, -0.05) is 48.9 Å². The molecule has 2 aromatic carbocycles. The molecule has 0 unspecified atom stereocenters. The molecule has 106 valence electrons. The molecule has 0 aliphatic carbocycles. The van der Waals surface area contributed by atoms with E-state index in [9.17, 15) is 4.39 Å². The Kier molecular flexibility index (Phi) is 5.39. The number of nitrogens with one attached hydrogen (secondary N) is 1. The van der Waals surface area contributed by atoms with Gasteiger partial charge in [-0.3, -0.25) is 0 Å². The number of hydrogen-bond donors (Lipinski definition) is 1. The van der Waals surface area contributed by atoms with E-state index in [0.717, 1.165) is 18.7 Å². The highest BCUT2D eigenvalue weighted by atomic mass is 35.5. The molecule has 0 aromatic heterocycles. The molecule has 0 aliphatic heterocycles. The van der Waals surface area contributed by atoms with Crippen LogP contribution in [-0.2, 0) is 13.2 Å². The van der Waals surface area contributed by atoms with Gasteiger partial charge in [0.1, 0.15) is 6.61 Å². The zero-order valence-electron chi connectivity index (χ0n) is 11.3. The second kappa shape index (κ2) is 7.27. The van der Waals surface area contributed by atoms with Crippen LogP contribution in [0.5, 0.6) is 5.75 Å². The van der Waals surface area contributed by atoms with Gasteiger partial charge in [0, 0.05) is 6.54 Å². The Hall–Kier alpha value is -1.58. The molecular formula is C16H17ClFNO. The van der Waals surface area contributed by atoms with E-state index in [-0.39, 0.29) is 10.8 Å². The first-order valence-electron chi connectivity index (χ1n) is 6.56. The fourth-order valence-electron chi connectivity index (χ4n) is 1.86. The second-order valence-corrected chi connectivity index (χ2v) is 4.85. The Morgan fingerprint density at radius 2 is 1.90 bits per heavy atom. The van der Waals surface area contributed by atoms with Gasteiger partial charge in [-0.25, -0.2) is 4.39 Å². The summed E-state index contributed by atoms with van der Waals surface area (Å²) in [6.45, 7) is 4.12. The van der Waals surface area contributed by atoms with Crippen LogP contribution >= 0.6 is 11.6 Å². The van der Waals surface area contributed by atoms with Gasteiger partial charge in [-0.2, -0.15) is 0 Å². The summed E-state index contributed by atoms with van der Waals surface area (Å²) in [6, 6.07) is 12.8. The van der Waals surface area contributed by atoms with E-state index >= 15 is 0 Å². The molecule has 2 rings (SSSR count). The molecule has 0 saturated heterocycles. The average Bonchev–Trinajstić information content (AvgIpc) is 2.47. The smallest absolute Gasteiger partial charge is 0.183 e. The molecule has 2 aromatic rings. The second-order valence-electron chi connectivity index (χ2n) is 4.44. The van der Waals surface area contributed by atoms with Gasteiger partial charge in [0.15, 0.2) is 11.6 Å². The van der Waals surface area contributed by atoms with Gasteiger partial charge in [-0.05, 0) is 29.8 Å². The van der Waals surface area contributed by atoms with Crippen molar-refractivity contribution in [2.75, 3.05) is 6.54 Å². The highest BCUT2D eigenvalue weighted by molar-refractivity contribution is 6.30. The van der Waals surface area contributed by atoms with E-state index in [2.05, 4.69) is 12.2 Å². The molecule has 2 nitrogen and oxygen atoms in total. The molecule has 0 aliphatic rings. The van der Waals surface area contributed by atoms with E-state index in [1.807, 2.05) is 24.3 Å². The molecule has 0 spiro atoms. The van der Waals surface area contributed by atoms with Crippen molar-refractivity contribution < 1.29 is 9.13 Å². The van der Waals surface area contributed by atoms with Crippen LogP contribution in [0.1, 0.15) is 18.1 Å². The Morgan fingerprint density at radius 1 is 1.15 bits per heavy atom. The van der Waals surface area contributed by atoms with Gasteiger partial charge >= 0.3 is 0 Å². The number of rotatable bonds is 6. The maximum absolute atomic E-state index is 13.7. The summed E-state index contributed by atoms with van der Waals surface area (Å²) in [6.07, 6.45) is 0. The molecule has 4 heteroatoms. The molecule has 0 bridgehead atoms. The van der Waals surface area contributed by atoms with Crippen molar-refractivity contribution in [3.63, 3.8) is 0 Å². The number of hydrogen-bond acceptors (Lipinski definition) is 2. The van der Waals surface area contributed by atoms with E-state index in [0.29, 0.717) is 6.61 Å². The highest BCUT2D eigenvalue weighted by Gasteiger charge is 2.07. The van der Waals surface area contributed by atoms with Crippen LogP contribution in [0.3, 0.4) is 0 Å². The molecular weight excluding hydrogens is 277 g/mol. The molecule has 0 heterocycles. The molecule has 20 heavy (non-hydrogen) atoms. The Morgan fingerprint density at radius 3 is 2.70 bits per heavy atom. The van der Waals surface area contributed by atoms with Crippen LogP contribution in [0.15, 0.2) is 42.5 Å². The average molecular weight is 294 g/mol. The van der Waals surface area contributed by atoms with Crippen molar-refractivity contribution in [1.82, 2.24) is 5.32 Å².